The number of aryl methyl sites for hydroxylation is 2. The van der Waals surface area contributed by atoms with Gasteiger partial charge in [-0.05, 0) is 25.5 Å². The first-order valence-electron chi connectivity index (χ1n) is 8.55. The molecule has 3 aromatic heterocycles. The highest BCUT2D eigenvalue weighted by Gasteiger charge is 2.25. The number of rotatable bonds is 3. The number of fused-ring (bicyclic) bond motifs is 1. The van der Waals surface area contributed by atoms with E-state index < -0.39 is 5.91 Å². The topological polar surface area (TPSA) is 138 Å². The Hall–Kier alpha value is -3.88. The van der Waals surface area contributed by atoms with Crippen LogP contribution in [0.15, 0.2) is 30.7 Å². The lowest BCUT2D eigenvalue weighted by molar-refractivity contribution is 0.100. The summed E-state index contributed by atoms with van der Waals surface area (Å²) in [7, 11) is 1.84. The summed E-state index contributed by atoms with van der Waals surface area (Å²) >= 11 is 0. The van der Waals surface area contributed by atoms with E-state index in [4.69, 9.17) is 11.5 Å². The molecule has 28 heavy (non-hydrogen) atoms. The minimum Gasteiger partial charge on any atom is -0.508 e. The van der Waals surface area contributed by atoms with E-state index in [0.717, 1.165) is 5.56 Å². The molecule has 5 N–H and O–H groups in total. The molecule has 0 unspecified atom stereocenters. The van der Waals surface area contributed by atoms with Crippen molar-refractivity contribution in [3.8, 4) is 23.0 Å². The largest absolute Gasteiger partial charge is 0.508 e. The zero-order valence-electron chi connectivity index (χ0n) is 15.6. The summed E-state index contributed by atoms with van der Waals surface area (Å²) in [4.78, 5) is 25.5. The quantitative estimate of drug-likeness (QED) is 0.498. The molecule has 1 aromatic carbocycles. The molecular weight excluding hydrogens is 358 g/mol. The highest BCUT2D eigenvalue weighted by molar-refractivity contribution is 6.09. The fraction of sp³-hybridized carbons (Fsp3) is 0.158. The van der Waals surface area contributed by atoms with Gasteiger partial charge in [-0.1, -0.05) is 6.07 Å². The van der Waals surface area contributed by atoms with Crippen LogP contribution in [-0.4, -0.2) is 35.1 Å². The molecule has 142 valence electrons. The van der Waals surface area contributed by atoms with Crippen LogP contribution in [0.25, 0.3) is 28.4 Å². The predicted octanol–water partition coefficient (Wildman–Crippen LogP) is 1.82. The first-order chi connectivity index (χ1) is 13.3. The average molecular weight is 377 g/mol. The number of aromatic nitrogens is 5. The molecule has 0 radical (unpaired) electrons. The van der Waals surface area contributed by atoms with Gasteiger partial charge in [0, 0.05) is 25.0 Å². The van der Waals surface area contributed by atoms with Gasteiger partial charge in [0.05, 0.1) is 11.9 Å². The number of primary amides is 1. The van der Waals surface area contributed by atoms with Gasteiger partial charge in [0.1, 0.15) is 28.3 Å². The molecule has 0 bridgehead atoms. The van der Waals surface area contributed by atoms with Crippen LogP contribution in [0.1, 0.15) is 21.5 Å². The van der Waals surface area contributed by atoms with E-state index in [9.17, 15) is 9.90 Å². The van der Waals surface area contributed by atoms with Crippen molar-refractivity contribution in [3.63, 3.8) is 0 Å². The van der Waals surface area contributed by atoms with Gasteiger partial charge in [-0.15, -0.1) is 0 Å². The molecule has 1 amide bonds. The summed E-state index contributed by atoms with van der Waals surface area (Å²) in [5, 5.41) is 10.2. The summed E-state index contributed by atoms with van der Waals surface area (Å²) in [6.45, 7) is 3.65. The standard InChI is InChI=1S/C19H19N7O2/c1-9-4-5-12(27)10(2)15(9)26-16(20)13(17(21)28)14-19(26)23-8-11(24-14)18-22-6-7-25(18)3/h4-8,27H,20H2,1-3H3,(H2,21,28). The van der Waals surface area contributed by atoms with E-state index in [2.05, 4.69) is 15.0 Å². The van der Waals surface area contributed by atoms with Gasteiger partial charge in [0.15, 0.2) is 11.5 Å². The molecule has 0 saturated heterocycles. The first kappa shape index (κ1) is 17.5. The number of imidazole rings is 1. The fourth-order valence-corrected chi connectivity index (χ4v) is 3.42. The lowest BCUT2D eigenvalue weighted by Gasteiger charge is -2.15. The zero-order chi connectivity index (χ0) is 20.2. The fourth-order valence-electron chi connectivity index (χ4n) is 3.42. The molecule has 3 heterocycles. The van der Waals surface area contributed by atoms with Crippen LogP contribution in [0.2, 0.25) is 0 Å². The number of aromatic hydroxyl groups is 1. The van der Waals surface area contributed by atoms with Gasteiger partial charge >= 0.3 is 0 Å². The van der Waals surface area contributed by atoms with E-state index >= 15 is 0 Å². The molecule has 0 aliphatic carbocycles. The number of nitrogens with two attached hydrogens (primary N) is 2. The van der Waals surface area contributed by atoms with E-state index in [1.807, 2.05) is 14.0 Å². The van der Waals surface area contributed by atoms with Gasteiger partial charge in [-0.3, -0.25) is 9.36 Å². The number of hydrogen-bond acceptors (Lipinski definition) is 6. The average Bonchev–Trinajstić information content (AvgIpc) is 3.19. The second-order valence-electron chi connectivity index (χ2n) is 6.62. The number of carbonyl (C=O) groups excluding carboxylic acids is 1. The van der Waals surface area contributed by atoms with Gasteiger partial charge in [-0.2, -0.15) is 0 Å². The van der Waals surface area contributed by atoms with Crippen molar-refractivity contribution in [3.05, 3.63) is 47.4 Å². The van der Waals surface area contributed by atoms with Crippen LogP contribution >= 0.6 is 0 Å². The number of phenolic OH excluding ortho intramolecular Hbond substituents is 1. The second-order valence-corrected chi connectivity index (χ2v) is 6.62. The Labute approximate surface area is 160 Å². The van der Waals surface area contributed by atoms with Crippen LogP contribution < -0.4 is 11.5 Å². The number of phenols is 1. The molecule has 0 fully saturated rings. The van der Waals surface area contributed by atoms with E-state index in [1.54, 1.807) is 46.8 Å². The van der Waals surface area contributed by atoms with Crippen LogP contribution in [0.3, 0.4) is 0 Å². The van der Waals surface area contributed by atoms with E-state index in [-0.39, 0.29) is 22.6 Å². The van der Waals surface area contributed by atoms with Crippen molar-refractivity contribution in [1.29, 1.82) is 0 Å². The SMILES string of the molecule is Cc1ccc(O)c(C)c1-n1c(N)c(C(N)=O)c2nc(-c3nccn3C)cnc21. The van der Waals surface area contributed by atoms with Gasteiger partial charge in [0.25, 0.3) is 5.91 Å². The molecule has 9 heteroatoms. The minimum absolute atomic E-state index is 0.0840. The zero-order valence-corrected chi connectivity index (χ0v) is 15.6. The van der Waals surface area contributed by atoms with Crippen molar-refractivity contribution >= 4 is 22.9 Å². The minimum atomic E-state index is -0.706. The van der Waals surface area contributed by atoms with E-state index in [1.165, 1.54) is 0 Å². The maximum absolute atomic E-state index is 12.2. The lowest BCUT2D eigenvalue weighted by atomic mass is 10.1. The monoisotopic (exact) mass is 377 g/mol. The highest BCUT2D eigenvalue weighted by atomic mass is 16.3. The lowest BCUT2D eigenvalue weighted by Crippen LogP contribution is -2.14. The van der Waals surface area contributed by atoms with Gasteiger partial charge in [-0.25, -0.2) is 15.0 Å². The first-order valence-corrected chi connectivity index (χ1v) is 8.55. The third-order valence-electron chi connectivity index (χ3n) is 4.82. The van der Waals surface area contributed by atoms with Crippen LogP contribution in [0.4, 0.5) is 5.82 Å². The van der Waals surface area contributed by atoms with Crippen molar-refractivity contribution in [2.45, 2.75) is 13.8 Å². The molecule has 0 saturated carbocycles. The number of amides is 1. The Kier molecular flexibility index (Phi) is 3.81. The van der Waals surface area contributed by atoms with Crippen molar-refractivity contribution in [2.75, 3.05) is 5.73 Å². The van der Waals surface area contributed by atoms with Crippen LogP contribution in [0.5, 0.6) is 5.75 Å². The molecular formula is C19H19N7O2. The maximum Gasteiger partial charge on any atom is 0.254 e. The second kappa shape index (κ2) is 6.08. The predicted molar refractivity (Wildman–Crippen MR) is 105 cm³/mol. The molecule has 0 spiro atoms. The van der Waals surface area contributed by atoms with Crippen LogP contribution in [0, 0.1) is 13.8 Å². The third-order valence-corrected chi connectivity index (χ3v) is 4.82. The summed E-state index contributed by atoms with van der Waals surface area (Å²) in [6, 6.07) is 3.37. The van der Waals surface area contributed by atoms with E-state index in [0.29, 0.717) is 28.4 Å². The number of anilines is 1. The molecule has 9 nitrogen and oxygen atoms in total. The smallest absolute Gasteiger partial charge is 0.254 e. The Balaban J connectivity index is 2.10. The summed E-state index contributed by atoms with van der Waals surface area (Å²) in [5.74, 6) is 0.125. The molecule has 4 rings (SSSR count). The maximum atomic E-state index is 12.2. The van der Waals surface area contributed by atoms with Gasteiger partial charge in [0.2, 0.25) is 0 Å². The molecule has 0 aliphatic heterocycles. The van der Waals surface area contributed by atoms with Crippen molar-refractivity contribution in [2.24, 2.45) is 12.8 Å². The Morgan fingerprint density at radius 3 is 2.61 bits per heavy atom. The van der Waals surface area contributed by atoms with Gasteiger partial charge < -0.3 is 21.1 Å². The number of nitrogen functional groups attached to an aromatic ring is 1. The Bertz CT molecular complexity index is 1250. The summed E-state index contributed by atoms with van der Waals surface area (Å²) < 4.78 is 3.40. The highest BCUT2D eigenvalue weighted by Crippen LogP contribution is 2.35. The van der Waals surface area contributed by atoms with Crippen molar-refractivity contribution < 1.29 is 9.90 Å². The molecule has 0 atom stereocenters. The number of benzene rings is 1. The van der Waals surface area contributed by atoms with Crippen LogP contribution in [-0.2, 0) is 7.05 Å². The normalized spacial score (nSPS) is 11.2. The number of carbonyl (C=O) groups is 1. The molecule has 4 aromatic rings. The molecule has 0 aliphatic rings. The third kappa shape index (κ3) is 2.40. The summed E-state index contributed by atoms with van der Waals surface area (Å²) in [6.07, 6.45) is 5.00. The van der Waals surface area contributed by atoms with Crippen molar-refractivity contribution in [1.82, 2.24) is 24.1 Å². The number of hydrogen-bond donors (Lipinski definition) is 3. The summed E-state index contributed by atoms with van der Waals surface area (Å²) in [5.41, 5.74) is 15.2. The number of nitrogens with zero attached hydrogens (tertiary/aromatic N) is 5. The Morgan fingerprint density at radius 2 is 1.96 bits per heavy atom. The Morgan fingerprint density at radius 1 is 1.21 bits per heavy atom.